The molecule has 0 aromatic carbocycles. The van der Waals surface area contributed by atoms with Crippen LogP contribution in [0.1, 0.15) is 46.0 Å². The maximum Gasteiger partial charge on any atom is 0.241 e. The summed E-state index contributed by atoms with van der Waals surface area (Å²) < 4.78 is 0. The molecule has 0 aromatic heterocycles. The minimum Gasteiger partial charge on any atom is -0.325 e. The van der Waals surface area contributed by atoms with Crippen LogP contribution in [-0.4, -0.2) is 54.1 Å². The summed E-state index contributed by atoms with van der Waals surface area (Å²) in [6, 6.07) is 0.0681. The van der Waals surface area contributed by atoms with Gasteiger partial charge in [0, 0.05) is 13.1 Å². The summed E-state index contributed by atoms with van der Waals surface area (Å²) in [6.45, 7) is 8.63. The van der Waals surface area contributed by atoms with Crippen molar-refractivity contribution >= 4 is 5.91 Å². The molecule has 0 aliphatic carbocycles. The fraction of sp³-hybridized carbons (Fsp3) is 0.929. The second kappa shape index (κ2) is 6.53. The monoisotopic (exact) mass is 253 g/mol. The van der Waals surface area contributed by atoms with E-state index in [2.05, 4.69) is 24.1 Å². The van der Waals surface area contributed by atoms with Gasteiger partial charge >= 0.3 is 0 Å². The first-order valence-electron chi connectivity index (χ1n) is 7.51. The van der Waals surface area contributed by atoms with Crippen molar-refractivity contribution in [2.24, 2.45) is 0 Å². The average molecular weight is 253 g/mol. The van der Waals surface area contributed by atoms with Crippen LogP contribution in [0, 0.1) is 0 Å². The van der Waals surface area contributed by atoms with Crippen LogP contribution in [0.4, 0.5) is 0 Å². The largest absolute Gasteiger partial charge is 0.325 e. The van der Waals surface area contributed by atoms with Crippen LogP contribution < -0.4 is 5.32 Å². The number of rotatable bonds is 6. The standard InChI is InChI=1S/C14H27N3O/c1-3-4-7-13-14(18)17(12(2)15-13)11-10-16-8-5-6-9-16/h12-13,15H,3-11H2,1-2H3. The molecular weight excluding hydrogens is 226 g/mol. The second-order valence-electron chi connectivity index (χ2n) is 5.62. The Kier molecular flexibility index (Phi) is 5.01. The zero-order valence-corrected chi connectivity index (χ0v) is 11.8. The van der Waals surface area contributed by atoms with Gasteiger partial charge in [-0.25, -0.2) is 0 Å². The molecule has 0 bridgehead atoms. The SMILES string of the molecule is CCCCC1NC(C)N(CCN2CCCC2)C1=O. The topological polar surface area (TPSA) is 35.6 Å². The highest BCUT2D eigenvalue weighted by atomic mass is 16.2. The van der Waals surface area contributed by atoms with Gasteiger partial charge in [-0.2, -0.15) is 0 Å². The van der Waals surface area contributed by atoms with Crippen molar-refractivity contribution in [1.82, 2.24) is 15.1 Å². The molecule has 2 atom stereocenters. The Morgan fingerprint density at radius 2 is 2.00 bits per heavy atom. The predicted molar refractivity (Wildman–Crippen MR) is 73.3 cm³/mol. The maximum atomic E-state index is 12.3. The van der Waals surface area contributed by atoms with Crippen molar-refractivity contribution in [1.29, 1.82) is 0 Å². The summed E-state index contributed by atoms with van der Waals surface area (Å²) in [5, 5.41) is 3.42. The van der Waals surface area contributed by atoms with E-state index in [0.29, 0.717) is 5.91 Å². The molecule has 18 heavy (non-hydrogen) atoms. The fourth-order valence-electron chi connectivity index (χ4n) is 3.02. The third-order valence-electron chi connectivity index (χ3n) is 4.19. The molecule has 104 valence electrons. The van der Waals surface area contributed by atoms with Crippen LogP contribution in [0.15, 0.2) is 0 Å². The number of hydrogen-bond donors (Lipinski definition) is 1. The van der Waals surface area contributed by atoms with Crippen LogP contribution >= 0.6 is 0 Å². The van der Waals surface area contributed by atoms with Crippen LogP contribution in [0.2, 0.25) is 0 Å². The molecule has 2 rings (SSSR count). The van der Waals surface area contributed by atoms with E-state index in [9.17, 15) is 4.79 Å². The summed E-state index contributed by atoms with van der Waals surface area (Å²) >= 11 is 0. The van der Waals surface area contributed by atoms with Gasteiger partial charge in [0.2, 0.25) is 5.91 Å². The second-order valence-corrected chi connectivity index (χ2v) is 5.62. The Bertz CT molecular complexity index is 276. The van der Waals surface area contributed by atoms with E-state index in [4.69, 9.17) is 0 Å². The van der Waals surface area contributed by atoms with Gasteiger partial charge in [-0.3, -0.25) is 10.1 Å². The summed E-state index contributed by atoms with van der Waals surface area (Å²) in [5.74, 6) is 0.315. The highest BCUT2D eigenvalue weighted by Gasteiger charge is 2.35. The third-order valence-corrected chi connectivity index (χ3v) is 4.19. The molecule has 2 aliphatic heterocycles. The normalized spacial score (nSPS) is 29.4. The Morgan fingerprint density at radius 1 is 1.28 bits per heavy atom. The molecule has 1 amide bonds. The molecule has 2 fully saturated rings. The molecule has 2 aliphatic rings. The Labute approximate surface area is 111 Å². The van der Waals surface area contributed by atoms with E-state index in [1.165, 1.54) is 25.9 Å². The number of hydrogen-bond acceptors (Lipinski definition) is 3. The molecule has 0 spiro atoms. The molecule has 2 saturated heterocycles. The fourth-order valence-corrected chi connectivity index (χ4v) is 3.02. The first-order chi connectivity index (χ1) is 8.72. The molecule has 2 unspecified atom stereocenters. The molecule has 0 radical (unpaired) electrons. The van der Waals surface area contributed by atoms with E-state index in [-0.39, 0.29) is 12.2 Å². The lowest BCUT2D eigenvalue weighted by molar-refractivity contribution is -0.130. The number of amides is 1. The van der Waals surface area contributed by atoms with Gasteiger partial charge in [0.25, 0.3) is 0 Å². The molecule has 2 heterocycles. The van der Waals surface area contributed by atoms with Crippen LogP contribution in [-0.2, 0) is 4.79 Å². The lowest BCUT2D eigenvalue weighted by Gasteiger charge is -2.24. The zero-order valence-electron chi connectivity index (χ0n) is 11.8. The number of nitrogens with one attached hydrogen (secondary N) is 1. The van der Waals surface area contributed by atoms with Crippen LogP contribution in [0.3, 0.4) is 0 Å². The van der Waals surface area contributed by atoms with Gasteiger partial charge < -0.3 is 9.80 Å². The first-order valence-corrected chi connectivity index (χ1v) is 7.51. The molecule has 0 saturated carbocycles. The van der Waals surface area contributed by atoms with Gasteiger partial charge in [-0.15, -0.1) is 0 Å². The highest BCUT2D eigenvalue weighted by molar-refractivity contribution is 5.84. The molecule has 1 N–H and O–H groups in total. The van der Waals surface area contributed by atoms with Gasteiger partial charge in [0.15, 0.2) is 0 Å². The van der Waals surface area contributed by atoms with Gasteiger partial charge in [0.1, 0.15) is 0 Å². The van der Waals surface area contributed by atoms with Crippen LogP contribution in [0.5, 0.6) is 0 Å². The number of unbranched alkanes of at least 4 members (excludes halogenated alkanes) is 1. The van der Waals surface area contributed by atoms with E-state index >= 15 is 0 Å². The lowest BCUT2D eigenvalue weighted by Crippen LogP contribution is -2.40. The van der Waals surface area contributed by atoms with Crippen molar-refractivity contribution in [2.45, 2.75) is 58.2 Å². The minimum absolute atomic E-state index is 0.0681. The average Bonchev–Trinajstić information content (AvgIpc) is 2.95. The van der Waals surface area contributed by atoms with Crippen LogP contribution in [0.25, 0.3) is 0 Å². The summed E-state index contributed by atoms with van der Waals surface area (Å²) in [6.07, 6.45) is 6.13. The van der Waals surface area contributed by atoms with E-state index < -0.39 is 0 Å². The third kappa shape index (κ3) is 3.23. The minimum atomic E-state index is 0.0681. The summed E-state index contributed by atoms with van der Waals surface area (Å²) in [4.78, 5) is 16.8. The number of carbonyl (C=O) groups is 1. The van der Waals surface area contributed by atoms with Gasteiger partial charge in [-0.05, 0) is 39.3 Å². The van der Waals surface area contributed by atoms with Crippen molar-refractivity contribution < 1.29 is 4.79 Å². The lowest BCUT2D eigenvalue weighted by atomic mass is 10.1. The maximum absolute atomic E-state index is 12.3. The number of likely N-dealkylation sites (tertiary alicyclic amines) is 1. The van der Waals surface area contributed by atoms with Gasteiger partial charge in [-0.1, -0.05) is 19.8 Å². The van der Waals surface area contributed by atoms with Crippen molar-refractivity contribution in [3.8, 4) is 0 Å². The summed E-state index contributed by atoms with van der Waals surface area (Å²) in [5.41, 5.74) is 0. The van der Waals surface area contributed by atoms with E-state index in [1.54, 1.807) is 0 Å². The van der Waals surface area contributed by atoms with Crippen molar-refractivity contribution in [3.63, 3.8) is 0 Å². The van der Waals surface area contributed by atoms with E-state index in [0.717, 1.165) is 32.4 Å². The molecule has 4 heteroatoms. The van der Waals surface area contributed by atoms with Crippen molar-refractivity contribution in [3.05, 3.63) is 0 Å². The van der Waals surface area contributed by atoms with Crippen molar-refractivity contribution in [2.75, 3.05) is 26.2 Å². The molecule has 0 aromatic rings. The highest BCUT2D eigenvalue weighted by Crippen LogP contribution is 2.16. The molecular formula is C14H27N3O. The van der Waals surface area contributed by atoms with E-state index in [1.807, 2.05) is 4.90 Å². The zero-order chi connectivity index (χ0) is 13.0. The van der Waals surface area contributed by atoms with Gasteiger partial charge in [0.05, 0.1) is 12.2 Å². The first kappa shape index (κ1) is 13.8. The number of nitrogens with zero attached hydrogens (tertiary/aromatic N) is 2. The smallest absolute Gasteiger partial charge is 0.241 e. The quantitative estimate of drug-likeness (QED) is 0.777. The predicted octanol–water partition coefficient (Wildman–Crippen LogP) is 1.42. The Hall–Kier alpha value is -0.610. The Morgan fingerprint density at radius 3 is 2.67 bits per heavy atom. The Balaban J connectivity index is 1.78. The molecule has 4 nitrogen and oxygen atoms in total. The number of carbonyl (C=O) groups excluding carboxylic acids is 1. The summed E-state index contributed by atoms with van der Waals surface area (Å²) in [7, 11) is 0.